The van der Waals surface area contributed by atoms with Gasteiger partial charge in [0, 0.05) is 5.56 Å². The van der Waals surface area contributed by atoms with E-state index >= 15 is 0 Å². The van der Waals surface area contributed by atoms with Gasteiger partial charge in [-0.3, -0.25) is 4.79 Å². The van der Waals surface area contributed by atoms with E-state index in [1.54, 1.807) is 24.3 Å². The standard InChI is InChI=1S/C22H22N2O2/c1-2-16-9-13-19(14-10-16)26-15-17-7-11-18(12-8-17)22(25)24-21-6-4-3-5-20(21)23/h3-14H,2,15,23H2,1H3,(H,24,25). The van der Waals surface area contributed by atoms with Gasteiger partial charge in [0.2, 0.25) is 0 Å². The van der Waals surface area contributed by atoms with E-state index in [0.717, 1.165) is 17.7 Å². The molecule has 26 heavy (non-hydrogen) atoms. The second kappa shape index (κ2) is 8.21. The molecule has 0 spiro atoms. The zero-order chi connectivity index (χ0) is 18.4. The summed E-state index contributed by atoms with van der Waals surface area (Å²) in [5.41, 5.74) is 9.86. The van der Waals surface area contributed by atoms with Crippen LogP contribution < -0.4 is 15.8 Å². The lowest BCUT2D eigenvalue weighted by Crippen LogP contribution is -2.13. The van der Waals surface area contributed by atoms with Crippen molar-refractivity contribution in [1.29, 1.82) is 0 Å². The molecule has 0 radical (unpaired) electrons. The molecular formula is C22H22N2O2. The summed E-state index contributed by atoms with van der Waals surface area (Å²) in [6.45, 7) is 2.58. The Morgan fingerprint density at radius 2 is 1.58 bits per heavy atom. The van der Waals surface area contributed by atoms with Crippen LogP contribution in [0.4, 0.5) is 11.4 Å². The summed E-state index contributed by atoms with van der Waals surface area (Å²) in [6, 6.07) is 22.6. The van der Waals surface area contributed by atoms with Crippen LogP contribution in [0.1, 0.15) is 28.4 Å². The highest BCUT2D eigenvalue weighted by atomic mass is 16.5. The summed E-state index contributed by atoms with van der Waals surface area (Å²) in [7, 11) is 0. The van der Waals surface area contributed by atoms with Gasteiger partial charge in [-0.1, -0.05) is 43.3 Å². The number of carbonyl (C=O) groups excluding carboxylic acids is 1. The van der Waals surface area contributed by atoms with Crippen molar-refractivity contribution in [3.8, 4) is 5.75 Å². The molecule has 3 rings (SSSR count). The van der Waals surface area contributed by atoms with Crippen LogP contribution in [0, 0.1) is 0 Å². The van der Waals surface area contributed by atoms with Gasteiger partial charge in [-0.25, -0.2) is 0 Å². The first kappa shape index (κ1) is 17.5. The van der Waals surface area contributed by atoms with E-state index in [1.807, 2.05) is 36.4 Å². The lowest BCUT2D eigenvalue weighted by Gasteiger charge is -2.09. The van der Waals surface area contributed by atoms with Crippen LogP contribution in [0.3, 0.4) is 0 Å². The largest absolute Gasteiger partial charge is 0.489 e. The third kappa shape index (κ3) is 4.42. The Labute approximate surface area is 153 Å². The van der Waals surface area contributed by atoms with E-state index in [9.17, 15) is 4.79 Å². The van der Waals surface area contributed by atoms with E-state index in [4.69, 9.17) is 10.5 Å². The van der Waals surface area contributed by atoms with E-state index in [2.05, 4.69) is 24.4 Å². The summed E-state index contributed by atoms with van der Waals surface area (Å²) in [4.78, 5) is 12.3. The molecule has 1 amide bonds. The highest BCUT2D eigenvalue weighted by molar-refractivity contribution is 6.05. The Morgan fingerprint density at radius 3 is 2.23 bits per heavy atom. The highest BCUT2D eigenvalue weighted by Gasteiger charge is 2.08. The molecule has 0 unspecified atom stereocenters. The fourth-order valence-electron chi connectivity index (χ4n) is 2.55. The number of nitrogen functional groups attached to an aromatic ring is 1. The summed E-state index contributed by atoms with van der Waals surface area (Å²) in [5, 5.41) is 2.82. The molecular weight excluding hydrogens is 324 g/mol. The Bertz CT molecular complexity index is 871. The average molecular weight is 346 g/mol. The number of nitrogens with two attached hydrogens (primary N) is 1. The summed E-state index contributed by atoms with van der Waals surface area (Å²) >= 11 is 0. The molecule has 0 aromatic heterocycles. The lowest BCUT2D eigenvalue weighted by molar-refractivity contribution is 0.102. The predicted octanol–water partition coefficient (Wildman–Crippen LogP) is 4.66. The van der Waals surface area contributed by atoms with E-state index in [0.29, 0.717) is 23.5 Å². The Kier molecular flexibility index (Phi) is 5.54. The molecule has 3 aromatic rings. The van der Waals surface area contributed by atoms with Crippen molar-refractivity contribution in [2.45, 2.75) is 20.0 Å². The third-order valence-corrected chi connectivity index (χ3v) is 4.16. The molecule has 0 bridgehead atoms. The maximum absolute atomic E-state index is 12.3. The van der Waals surface area contributed by atoms with Crippen LogP contribution in [0.25, 0.3) is 0 Å². The van der Waals surface area contributed by atoms with Crippen molar-refractivity contribution in [2.75, 3.05) is 11.1 Å². The van der Waals surface area contributed by atoms with Gasteiger partial charge in [-0.05, 0) is 53.9 Å². The number of benzene rings is 3. The Balaban J connectivity index is 1.59. The monoisotopic (exact) mass is 346 g/mol. The van der Waals surface area contributed by atoms with Crippen molar-refractivity contribution < 1.29 is 9.53 Å². The van der Waals surface area contributed by atoms with Gasteiger partial charge < -0.3 is 15.8 Å². The number of hydrogen-bond acceptors (Lipinski definition) is 3. The fourth-order valence-corrected chi connectivity index (χ4v) is 2.55. The van der Waals surface area contributed by atoms with Gasteiger partial charge in [0.1, 0.15) is 12.4 Å². The molecule has 0 aliphatic heterocycles. The number of aryl methyl sites for hydroxylation is 1. The van der Waals surface area contributed by atoms with Crippen LogP contribution in [0.2, 0.25) is 0 Å². The average Bonchev–Trinajstić information content (AvgIpc) is 2.69. The number of nitrogens with one attached hydrogen (secondary N) is 1. The van der Waals surface area contributed by atoms with Crippen LogP contribution >= 0.6 is 0 Å². The van der Waals surface area contributed by atoms with Crippen molar-refractivity contribution >= 4 is 17.3 Å². The number of ether oxygens (including phenoxy) is 1. The molecule has 0 saturated carbocycles. The molecule has 0 fully saturated rings. The van der Waals surface area contributed by atoms with E-state index in [1.165, 1.54) is 5.56 Å². The second-order valence-corrected chi connectivity index (χ2v) is 6.02. The van der Waals surface area contributed by atoms with Gasteiger partial charge in [0.25, 0.3) is 5.91 Å². The highest BCUT2D eigenvalue weighted by Crippen LogP contribution is 2.18. The van der Waals surface area contributed by atoms with Crippen LogP contribution in [0.5, 0.6) is 5.75 Å². The molecule has 0 aliphatic rings. The van der Waals surface area contributed by atoms with Gasteiger partial charge in [0.15, 0.2) is 0 Å². The maximum Gasteiger partial charge on any atom is 0.255 e. The molecule has 3 N–H and O–H groups in total. The topological polar surface area (TPSA) is 64.3 Å². The first-order chi connectivity index (χ1) is 12.7. The van der Waals surface area contributed by atoms with Crippen molar-refractivity contribution in [3.63, 3.8) is 0 Å². The summed E-state index contributed by atoms with van der Waals surface area (Å²) < 4.78 is 5.79. The van der Waals surface area contributed by atoms with Crippen LogP contribution in [0.15, 0.2) is 72.8 Å². The second-order valence-electron chi connectivity index (χ2n) is 6.02. The van der Waals surface area contributed by atoms with E-state index < -0.39 is 0 Å². The minimum Gasteiger partial charge on any atom is -0.489 e. The molecule has 0 aliphatic carbocycles. The van der Waals surface area contributed by atoms with Crippen molar-refractivity contribution in [3.05, 3.63) is 89.5 Å². The molecule has 4 heteroatoms. The van der Waals surface area contributed by atoms with E-state index in [-0.39, 0.29) is 5.91 Å². The first-order valence-electron chi connectivity index (χ1n) is 8.62. The Hall–Kier alpha value is -3.27. The lowest BCUT2D eigenvalue weighted by atomic mass is 10.1. The Morgan fingerprint density at radius 1 is 0.923 bits per heavy atom. The molecule has 4 nitrogen and oxygen atoms in total. The van der Waals surface area contributed by atoms with Gasteiger partial charge in [-0.15, -0.1) is 0 Å². The fraction of sp³-hybridized carbons (Fsp3) is 0.136. The molecule has 0 heterocycles. The normalized spacial score (nSPS) is 10.3. The van der Waals surface area contributed by atoms with Crippen LogP contribution in [-0.2, 0) is 13.0 Å². The SMILES string of the molecule is CCc1ccc(OCc2ccc(C(=O)Nc3ccccc3N)cc2)cc1. The number of hydrogen-bond donors (Lipinski definition) is 2. The molecule has 132 valence electrons. The van der Waals surface area contributed by atoms with Gasteiger partial charge in [0.05, 0.1) is 11.4 Å². The van der Waals surface area contributed by atoms with Gasteiger partial charge in [-0.2, -0.15) is 0 Å². The summed E-state index contributed by atoms with van der Waals surface area (Å²) in [6.07, 6.45) is 1.01. The zero-order valence-electron chi connectivity index (χ0n) is 14.7. The van der Waals surface area contributed by atoms with Crippen molar-refractivity contribution in [1.82, 2.24) is 0 Å². The number of anilines is 2. The number of rotatable bonds is 6. The first-order valence-corrected chi connectivity index (χ1v) is 8.62. The number of para-hydroxylation sites is 2. The molecule has 0 atom stereocenters. The quantitative estimate of drug-likeness (QED) is 0.638. The maximum atomic E-state index is 12.3. The minimum atomic E-state index is -0.189. The molecule has 0 saturated heterocycles. The minimum absolute atomic E-state index is 0.189. The third-order valence-electron chi connectivity index (χ3n) is 4.16. The smallest absolute Gasteiger partial charge is 0.255 e. The molecule has 3 aromatic carbocycles. The number of carbonyl (C=O) groups is 1. The zero-order valence-corrected chi connectivity index (χ0v) is 14.7. The van der Waals surface area contributed by atoms with Crippen molar-refractivity contribution in [2.24, 2.45) is 0 Å². The number of amides is 1. The summed E-state index contributed by atoms with van der Waals surface area (Å²) in [5.74, 6) is 0.647. The predicted molar refractivity (Wildman–Crippen MR) is 105 cm³/mol. The van der Waals surface area contributed by atoms with Gasteiger partial charge >= 0.3 is 0 Å². The van der Waals surface area contributed by atoms with Crippen LogP contribution in [-0.4, -0.2) is 5.91 Å².